The highest BCUT2D eigenvalue weighted by molar-refractivity contribution is 5.97. The van der Waals surface area contributed by atoms with Crippen LogP contribution in [-0.4, -0.2) is 232 Å². The monoisotopic (exact) mass is 896 g/mol. The number of amides is 2. The molecule has 1 aromatic carbocycles. The van der Waals surface area contributed by atoms with Gasteiger partial charge in [0.05, 0.1) is 55.8 Å². The first-order valence-electron chi connectivity index (χ1n) is 19.7. The molecular weight excluding hydrogens is 840 g/mol. The number of phenolic OH excluding ortho intramolecular Hbond substituents is 1. The van der Waals surface area contributed by atoms with Crippen LogP contribution in [0.25, 0.3) is 0 Å². The van der Waals surface area contributed by atoms with Gasteiger partial charge in [-0.1, -0.05) is 12.1 Å². The van der Waals surface area contributed by atoms with Gasteiger partial charge in [0.2, 0.25) is 5.91 Å². The Hall–Kier alpha value is -3.29. The molecule has 4 heterocycles. The topological polar surface area (TPSA) is 403 Å². The maximum Gasteiger partial charge on any atom is 0.364 e. The molecular formula is C37H56N2O23. The van der Waals surface area contributed by atoms with Crippen molar-refractivity contribution in [1.82, 2.24) is 10.6 Å². The van der Waals surface area contributed by atoms with E-state index in [2.05, 4.69) is 10.6 Å². The summed E-state index contributed by atoms with van der Waals surface area (Å²) in [6, 6.07) is 2.46. The molecule has 0 spiro atoms. The van der Waals surface area contributed by atoms with Gasteiger partial charge in [0.1, 0.15) is 85.1 Å². The third kappa shape index (κ3) is 10.3. The molecule has 0 aliphatic carbocycles. The van der Waals surface area contributed by atoms with E-state index in [1.807, 2.05) is 0 Å². The van der Waals surface area contributed by atoms with Crippen LogP contribution in [0.3, 0.4) is 0 Å². The Morgan fingerprint density at radius 2 is 1.40 bits per heavy atom. The number of aromatic hydroxyl groups is 1. The fourth-order valence-electron chi connectivity index (χ4n) is 7.90. The van der Waals surface area contributed by atoms with Crippen LogP contribution in [0, 0.1) is 0 Å². The summed E-state index contributed by atoms with van der Waals surface area (Å²) in [6.07, 6.45) is -34.0. The first kappa shape index (κ1) is 49.7. The molecule has 5 rings (SSSR count). The van der Waals surface area contributed by atoms with E-state index >= 15 is 0 Å². The van der Waals surface area contributed by atoms with Crippen molar-refractivity contribution in [1.29, 1.82) is 0 Å². The average molecular weight is 897 g/mol. The number of aliphatic hydroxyl groups excluding tert-OH is 11. The number of carboxylic acid groups (broad SMARTS) is 1. The van der Waals surface area contributed by atoms with Crippen LogP contribution in [0.4, 0.5) is 0 Å². The van der Waals surface area contributed by atoms with Crippen molar-refractivity contribution < 1.29 is 114 Å². The van der Waals surface area contributed by atoms with Crippen molar-refractivity contribution in [3.05, 3.63) is 29.8 Å². The lowest BCUT2D eigenvalue weighted by Gasteiger charge is -2.51. The number of rotatable bonds is 15. The largest absolute Gasteiger partial charge is 0.507 e. The molecule has 352 valence electrons. The third-order valence-corrected chi connectivity index (χ3v) is 11.3. The maximum atomic E-state index is 13.6. The number of hydrogen-bond donors (Lipinski definition) is 15. The summed E-state index contributed by atoms with van der Waals surface area (Å²) in [4.78, 5) is 38.6. The van der Waals surface area contributed by atoms with Gasteiger partial charge >= 0.3 is 5.97 Å². The highest BCUT2D eigenvalue weighted by atomic mass is 16.8. The Morgan fingerprint density at radius 3 is 2.00 bits per heavy atom. The lowest BCUT2D eigenvalue weighted by atomic mass is 9.88. The summed E-state index contributed by atoms with van der Waals surface area (Å²) < 4.78 is 41.1. The average Bonchev–Trinajstić information content (AvgIpc) is 3.23. The molecule has 4 aliphatic rings. The number of nitrogens with one attached hydrogen (secondary N) is 2. The van der Waals surface area contributed by atoms with Gasteiger partial charge in [-0.15, -0.1) is 0 Å². The molecule has 0 saturated carbocycles. The van der Waals surface area contributed by atoms with E-state index < -0.39 is 178 Å². The summed E-state index contributed by atoms with van der Waals surface area (Å²) in [7, 11) is 0. The summed E-state index contributed by atoms with van der Waals surface area (Å²) in [5, 5.41) is 143. The molecule has 0 bridgehead atoms. The second-order valence-electron chi connectivity index (χ2n) is 15.6. The standard InChI is InChI=1S/C37H56N2O23/c1-12-21(39-33(53)15-6-4-5-7-16(15)44)31(60-34-27(51)26(50)23(47)13(2)57-34)29(20(11-42)56-12)59-35-28(52)32(25(49)19(10-41)58-35)62-37(36(54)55)8-17(45)22(38-14(3)43)30(61-37)24(48)18(46)9-40/h4-7,12-13,17-32,34-35,40-42,44-52H,8-11H2,1-3H3,(H,38,43)(H,39,53)(H,54,55)/t12-,13?,17?,18+,19?,20?,21?,22+,23-,24+,25+,26?,27-,28?,29-,30?,31+,32?,34-,35+,37-/m0/s1. The van der Waals surface area contributed by atoms with E-state index in [1.54, 1.807) is 0 Å². The Morgan fingerprint density at radius 1 is 0.774 bits per heavy atom. The summed E-state index contributed by atoms with van der Waals surface area (Å²) in [6.45, 7) is 0.816. The fraction of sp³-hybridized carbons (Fsp3) is 0.757. The second kappa shape index (κ2) is 20.7. The van der Waals surface area contributed by atoms with Gasteiger partial charge in [-0.25, -0.2) is 4.79 Å². The number of carboxylic acids is 1. The van der Waals surface area contributed by atoms with E-state index in [1.165, 1.54) is 38.1 Å². The van der Waals surface area contributed by atoms with Crippen molar-refractivity contribution in [3.63, 3.8) is 0 Å². The lowest BCUT2D eigenvalue weighted by Crippen LogP contribution is -2.71. The zero-order chi connectivity index (χ0) is 46.0. The Labute approximate surface area is 352 Å². The zero-order valence-electron chi connectivity index (χ0n) is 33.6. The Balaban J connectivity index is 1.51. The molecule has 62 heavy (non-hydrogen) atoms. The number of benzene rings is 1. The number of carbonyl (C=O) groups is 3. The molecule has 1 aromatic rings. The predicted octanol–water partition coefficient (Wildman–Crippen LogP) is -7.16. The molecule has 21 atom stereocenters. The van der Waals surface area contributed by atoms with Gasteiger partial charge in [-0.05, 0) is 26.0 Å². The van der Waals surface area contributed by atoms with Crippen molar-refractivity contribution in [2.24, 2.45) is 0 Å². The van der Waals surface area contributed by atoms with Crippen molar-refractivity contribution in [2.75, 3.05) is 19.8 Å². The lowest BCUT2D eigenvalue weighted by molar-refractivity contribution is -0.385. The Bertz CT molecular complexity index is 1680. The minimum Gasteiger partial charge on any atom is -0.507 e. The first-order chi connectivity index (χ1) is 29.2. The highest BCUT2D eigenvalue weighted by Gasteiger charge is 2.60. The highest BCUT2D eigenvalue weighted by Crippen LogP contribution is 2.39. The summed E-state index contributed by atoms with van der Waals surface area (Å²) in [5.74, 6) is -7.23. The van der Waals surface area contributed by atoms with Crippen LogP contribution in [0.1, 0.15) is 37.6 Å². The molecule has 0 radical (unpaired) electrons. The van der Waals surface area contributed by atoms with Crippen LogP contribution in [0.5, 0.6) is 5.75 Å². The smallest absolute Gasteiger partial charge is 0.364 e. The van der Waals surface area contributed by atoms with Gasteiger partial charge < -0.3 is 110 Å². The molecule has 25 heteroatoms. The number of carbonyl (C=O) groups excluding carboxylic acids is 2. The molecule has 4 aliphatic heterocycles. The molecule has 9 unspecified atom stereocenters. The second-order valence-corrected chi connectivity index (χ2v) is 15.6. The van der Waals surface area contributed by atoms with E-state index in [0.29, 0.717) is 0 Å². The zero-order valence-corrected chi connectivity index (χ0v) is 33.6. The number of para-hydroxylation sites is 1. The number of aliphatic carboxylic acids is 1. The van der Waals surface area contributed by atoms with Gasteiger partial charge in [-0.2, -0.15) is 0 Å². The normalized spacial score (nSPS) is 42.4. The quantitative estimate of drug-likeness (QED) is 0.0778. The van der Waals surface area contributed by atoms with Gasteiger partial charge in [0.15, 0.2) is 12.6 Å². The SMILES string of the molecule is CC(=O)N[C@@H]1C(O)C[C@](OC2C(O)[C@@H](O[C@H]3C(CO)O[C@@H](C)C(NC(=O)c4ccccc4O)[C@H]3O[C@@H]3OC(C)[C@H](O)C(O)[C@@H]3O)OC(CO)[C@H]2O)(C(=O)O)OC1[C@H](O)[C@H](O)CO. The molecule has 15 N–H and O–H groups in total. The van der Waals surface area contributed by atoms with Gasteiger partial charge in [0, 0.05) is 13.3 Å². The van der Waals surface area contributed by atoms with Crippen LogP contribution < -0.4 is 10.6 Å². The van der Waals surface area contributed by atoms with E-state index in [9.17, 15) is 80.8 Å². The minimum atomic E-state index is -3.12. The number of ether oxygens (including phenoxy) is 7. The third-order valence-electron chi connectivity index (χ3n) is 11.3. The van der Waals surface area contributed by atoms with Crippen LogP contribution in [0.15, 0.2) is 24.3 Å². The van der Waals surface area contributed by atoms with Crippen molar-refractivity contribution in [3.8, 4) is 5.75 Å². The molecule has 0 aromatic heterocycles. The summed E-state index contributed by atoms with van der Waals surface area (Å²) >= 11 is 0. The number of aliphatic hydroxyl groups is 11. The van der Waals surface area contributed by atoms with Crippen LogP contribution >= 0.6 is 0 Å². The summed E-state index contributed by atoms with van der Waals surface area (Å²) in [5.41, 5.74) is -0.210. The van der Waals surface area contributed by atoms with Crippen LogP contribution in [-0.2, 0) is 42.7 Å². The molecule has 4 fully saturated rings. The molecule has 25 nitrogen and oxygen atoms in total. The fourth-order valence-corrected chi connectivity index (χ4v) is 7.90. The van der Waals surface area contributed by atoms with Gasteiger partial charge in [-0.3, -0.25) is 9.59 Å². The predicted molar refractivity (Wildman–Crippen MR) is 198 cm³/mol. The molecule has 4 saturated heterocycles. The maximum absolute atomic E-state index is 13.6. The number of phenols is 1. The van der Waals surface area contributed by atoms with Crippen LogP contribution in [0.2, 0.25) is 0 Å². The number of hydrogen-bond acceptors (Lipinski definition) is 22. The van der Waals surface area contributed by atoms with Crippen molar-refractivity contribution >= 4 is 17.8 Å². The van der Waals surface area contributed by atoms with Crippen molar-refractivity contribution in [2.45, 2.75) is 155 Å². The van der Waals surface area contributed by atoms with E-state index in [4.69, 9.17) is 33.2 Å². The van der Waals surface area contributed by atoms with E-state index in [0.717, 1.165) is 6.92 Å². The minimum absolute atomic E-state index is 0.210. The van der Waals surface area contributed by atoms with Gasteiger partial charge in [0.25, 0.3) is 11.7 Å². The molecule has 2 amide bonds. The first-order valence-corrected chi connectivity index (χ1v) is 19.7. The Kier molecular flexibility index (Phi) is 16.6. The van der Waals surface area contributed by atoms with E-state index in [-0.39, 0.29) is 5.56 Å².